The van der Waals surface area contributed by atoms with Crippen molar-refractivity contribution in [2.75, 3.05) is 63.1 Å². The van der Waals surface area contributed by atoms with Gasteiger partial charge in [-0.2, -0.15) is 8.42 Å². The summed E-state index contributed by atoms with van der Waals surface area (Å²) in [4.78, 5) is 74.6. The second-order valence-corrected chi connectivity index (χ2v) is 21.3. The largest absolute Gasteiger partial charge is 0.497 e. The van der Waals surface area contributed by atoms with Gasteiger partial charge in [0.25, 0.3) is 17.7 Å². The molecule has 85 heavy (non-hydrogen) atoms. The highest BCUT2D eigenvalue weighted by atomic mass is 35.5. The Bertz CT molecular complexity index is 3720. The Morgan fingerprint density at radius 3 is 2.07 bits per heavy atom. The molecule has 0 bridgehead atoms. The Hall–Kier alpha value is -8.43. The van der Waals surface area contributed by atoms with Crippen molar-refractivity contribution < 1.29 is 106 Å². The topological polar surface area (TPSA) is 431 Å². The summed E-state index contributed by atoms with van der Waals surface area (Å²) < 4.78 is 70.1. The number of benzene rings is 4. The van der Waals surface area contributed by atoms with E-state index in [4.69, 9.17) is 49.7 Å². The Kier molecular flexibility index (Phi) is 18.3. The average Bonchev–Trinajstić information content (AvgIpc) is 1.77. The molecule has 2 aromatic heterocycles. The van der Waals surface area contributed by atoms with Gasteiger partial charge in [0, 0.05) is 78.0 Å². The average molecular weight is 1220 g/mol. The third-order valence-corrected chi connectivity index (χ3v) is 15.6. The molecule has 30 nitrogen and oxygen atoms in total. The fourth-order valence-electron chi connectivity index (χ4n) is 9.59. The van der Waals surface area contributed by atoms with Crippen LogP contribution in [0.4, 0.5) is 11.4 Å². The van der Waals surface area contributed by atoms with E-state index in [1.54, 1.807) is 6.07 Å². The smallest absolute Gasteiger partial charge is 0.340 e. The molecule has 9 N–H and O–H groups in total. The van der Waals surface area contributed by atoms with Gasteiger partial charge in [0.15, 0.2) is 23.7 Å². The fourth-order valence-corrected chi connectivity index (χ4v) is 11.0. The highest BCUT2D eigenvalue weighted by molar-refractivity contribution is 7.87. The molecule has 9 rings (SSSR count). The number of amides is 3. The van der Waals surface area contributed by atoms with E-state index < -0.39 is 124 Å². The molecule has 4 aromatic carbocycles. The number of fused-ring (bicyclic) bond motifs is 4. The lowest BCUT2D eigenvalue weighted by atomic mass is 9.95. The van der Waals surface area contributed by atoms with Gasteiger partial charge in [-0.25, -0.2) is 14.6 Å². The number of carboxylic acids is 2. The third-order valence-electron chi connectivity index (χ3n) is 14.0. The summed E-state index contributed by atoms with van der Waals surface area (Å²) >= 11 is 6.60. The summed E-state index contributed by atoms with van der Waals surface area (Å²) in [6.45, 7) is 0.0200. The molecule has 3 aliphatic rings. The van der Waals surface area contributed by atoms with Crippen LogP contribution < -0.4 is 28.6 Å². The van der Waals surface area contributed by atoms with Gasteiger partial charge in [0.1, 0.15) is 64.4 Å². The molecular weight excluding hydrogens is 1170 g/mol. The number of carbonyl (C=O) groups is 5. The van der Waals surface area contributed by atoms with Crippen LogP contribution in [0.5, 0.6) is 23.0 Å². The van der Waals surface area contributed by atoms with E-state index in [-0.39, 0.29) is 94.8 Å². The number of methoxy groups -OCH3 is 1. The van der Waals surface area contributed by atoms with Crippen molar-refractivity contribution in [3.8, 4) is 23.0 Å². The first kappa shape index (κ1) is 61.1. The van der Waals surface area contributed by atoms with Crippen LogP contribution in [-0.4, -0.2) is 208 Å². The molecule has 2 fully saturated rings. The Balaban J connectivity index is 1.00. The van der Waals surface area contributed by atoms with E-state index in [2.05, 4.69) is 20.3 Å². The lowest BCUT2D eigenvalue weighted by Crippen LogP contribution is -2.61. The van der Waals surface area contributed by atoms with E-state index in [1.165, 1.54) is 101 Å². The van der Waals surface area contributed by atoms with Crippen LogP contribution in [0.2, 0.25) is 0 Å². The van der Waals surface area contributed by atoms with Crippen molar-refractivity contribution in [3.05, 3.63) is 124 Å². The number of likely N-dealkylation sites (N-methyl/N-ethyl adjacent to an activating group) is 1. The van der Waals surface area contributed by atoms with Gasteiger partial charge < -0.3 is 93.0 Å². The maximum Gasteiger partial charge on any atom is 0.340 e. The standard InChI is InChI=1S/C53H53ClN8O22S/c1-60(14-16-79-15-13-56-59-55)48(70)25-5-11-34(81-53-44(68)40(64)42(66)46(83-53)51(74)75)35(17-25)84-85(76,77)36-19-33-38(31-18-29(78-2)9-10-30(31)36)26(20-54)21-62(33)49(71)32-23-61-22-27(6-12-37(61)58-32)57-47(69)24-3-7-28(8-4-24)80-52-43(67)39(63)41(65)45(82-52)50(72)73/h3-12,17-19,22-23,26,39-46,52-53,63-68H,13-16,20-21H2,1-2H3,(H,57,69)(H,72,73)(H,74,75)/t26-,39+,40+,41+,42+,43-,44-,45+,46+,52?,53-/m1/s1. The number of carbonyl (C=O) groups excluding carboxylic acids is 3. The zero-order valence-corrected chi connectivity index (χ0v) is 46.0. The minimum Gasteiger partial charge on any atom is -0.497 e. The number of carboxylic acid groups (broad SMARTS) is 2. The van der Waals surface area contributed by atoms with Crippen LogP contribution in [0.15, 0.2) is 101 Å². The zero-order valence-electron chi connectivity index (χ0n) is 44.5. The minimum atomic E-state index is -5.17. The molecule has 11 atom stereocenters. The number of hydrogen-bond donors (Lipinski definition) is 9. The number of azide groups is 1. The number of alkyl halides is 1. The predicted molar refractivity (Wildman–Crippen MR) is 291 cm³/mol. The lowest BCUT2D eigenvalue weighted by Gasteiger charge is -2.38. The van der Waals surface area contributed by atoms with Crippen LogP contribution >= 0.6 is 11.6 Å². The maximum atomic E-state index is 15.0. The molecule has 450 valence electrons. The van der Waals surface area contributed by atoms with Gasteiger partial charge in [-0.05, 0) is 95.3 Å². The zero-order chi connectivity index (χ0) is 61.2. The van der Waals surface area contributed by atoms with Crippen LogP contribution in [-0.2, 0) is 33.9 Å². The van der Waals surface area contributed by atoms with Gasteiger partial charge >= 0.3 is 22.1 Å². The van der Waals surface area contributed by atoms with Crippen molar-refractivity contribution in [2.45, 2.75) is 72.2 Å². The van der Waals surface area contributed by atoms with Gasteiger partial charge in [0.05, 0.1) is 26.0 Å². The summed E-state index contributed by atoms with van der Waals surface area (Å²) in [6.07, 6.45) is -16.9. The van der Waals surface area contributed by atoms with Crippen LogP contribution in [0.1, 0.15) is 42.7 Å². The second kappa shape index (κ2) is 25.4. The Labute approximate surface area is 485 Å². The SMILES string of the molecule is COc1ccc2c(S(=O)(=O)Oc3cc(C(=O)N(C)CCOCCN=[N+]=[N-])ccc3O[C@@H]3O[C@H](C(=O)O)[C@@H](O)[C@H](O)[C@H]3O)cc3c(c2c1)[C@H](CCl)CN3C(=O)c1cn2cc(NC(=O)c3ccc(OC4O[C@H](C(=O)O)[C@@H](O)[C@H](O)[C@H]4O)cc3)ccc2n1. The van der Waals surface area contributed by atoms with Gasteiger partial charge in [0.2, 0.25) is 12.6 Å². The molecule has 6 aromatic rings. The summed E-state index contributed by atoms with van der Waals surface area (Å²) in [5.41, 5.74) is 9.35. The number of anilines is 2. The highest BCUT2D eigenvalue weighted by Crippen LogP contribution is 2.47. The van der Waals surface area contributed by atoms with Crippen LogP contribution in [0, 0.1) is 0 Å². The fraction of sp³-hybridized carbons (Fsp3) is 0.358. The molecule has 0 saturated carbocycles. The number of aliphatic hydroxyl groups excluding tert-OH is 6. The van der Waals surface area contributed by atoms with Crippen molar-refractivity contribution in [2.24, 2.45) is 5.11 Å². The molecule has 5 heterocycles. The maximum absolute atomic E-state index is 15.0. The number of ether oxygens (including phenoxy) is 6. The highest BCUT2D eigenvalue weighted by Gasteiger charge is 2.50. The van der Waals surface area contributed by atoms with E-state index >= 15 is 8.42 Å². The minimum absolute atomic E-state index is 0.00286. The van der Waals surface area contributed by atoms with Crippen LogP contribution in [0.3, 0.4) is 0 Å². The van der Waals surface area contributed by atoms with Crippen LogP contribution in [0.25, 0.3) is 26.9 Å². The van der Waals surface area contributed by atoms with Gasteiger partial charge in [-0.1, -0.05) is 5.11 Å². The molecule has 1 unspecified atom stereocenters. The first-order valence-corrected chi connectivity index (χ1v) is 27.5. The first-order chi connectivity index (χ1) is 40.5. The van der Waals surface area contributed by atoms with Crippen molar-refractivity contribution in [3.63, 3.8) is 0 Å². The lowest BCUT2D eigenvalue weighted by molar-refractivity contribution is -0.271. The molecule has 2 saturated heterocycles. The number of halogens is 1. The number of nitrogens with one attached hydrogen (secondary N) is 1. The summed E-state index contributed by atoms with van der Waals surface area (Å²) in [5, 5.41) is 87.7. The molecule has 32 heteroatoms. The van der Waals surface area contributed by atoms with E-state index in [1.807, 2.05) is 0 Å². The van der Waals surface area contributed by atoms with Crippen molar-refractivity contribution >= 4 is 79.2 Å². The van der Waals surface area contributed by atoms with E-state index in [9.17, 15) is 64.8 Å². The van der Waals surface area contributed by atoms with E-state index in [0.717, 1.165) is 12.1 Å². The normalized spacial score (nSPS) is 23.8. The Morgan fingerprint density at radius 1 is 0.788 bits per heavy atom. The Morgan fingerprint density at radius 2 is 1.44 bits per heavy atom. The number of nitrogens with zero attached hydrogens (tertiary/aromatic N) is 7. The van der Waals surface area contributed by atoms with Gasteiger partial charge in [-0.3, -0.25) is 14.4 Å². The number of rotatable bonds is 21. The predicted octanol–water partition coefficient (Wildman–Crippen LogP) is 1.44. The molecular formula is C53H53ClN8O22S. The first-order valence-electron chi connectivity index (χ1n) is 25.6. The van der Waals surface area contributed by atoms with Gasteiger partial charge in [-0.15, -0.1) is 11.6 Å². The molecule has 0 radical (unpaired) electrons. The summed E-state index contributed by atoms with van der Waals surface area (Å²) in [5.74, 6) is -6.97. The molecule has 0 aliphatic carbocycles. The summed E-state index contributed by atoms with van der Waals surface area (Å²) in [6, 6.07) is 17.3. The number of aliphatic carboxylic acids is 2. The number of hydrogen-bond acceptors (Lipinski definition) is 22. The number of aliphatic hydroxyl groups is 6. The number of pyridine rings is 1. The molecule has 3 amide bonds. The quantitative estimate of drug-likeness (QED) is 0.0123. The van der Waals surface area contributed by atoms with Crippen molar-refractivity contribution in [1.29, 1.82) is 0 Å². The molecule has 0 spiro atoms. The van der Waals surface area contributed by atoms with Crippen molar-refractivity contribution in [1.82, 2.24) is 14.3 Å². The summed E-state index contributed by atoms with van der Waals surface area (Å²) in [7, 11) is -2.37. The monoisotopic (exact) mass is 1220 g/mol. The third kappa shape index (κ3) is 12.7. The number of aromatic nitrogens is 2. The number of imidazole rings is 1. The van der Waals surface area contributed by atoms with E-state index in [0.29, 0.717) is 5.56 Å². The second-order valence-electron chi connectivity index (χ2n) is 19.5. The molecule has 3 aliphatic heterocycles.